The topological polar surface area (TPSA) is 54.0 Å². The molecule has 0 saturated carbocycles. The molecule has 0 unspecified atom stereocenters. The fraction of sp³-hybridized carbons (Fsp3) is 0.381. The van der Waals surface area contributed by atoms with Gasteiger partial charge in [-0.25, -0.2) is 0 Å². The lowest BCUT2D eigenvalue weighted by molar-refractivity contribution is 0.111. The predicted molar refractivity (Wildman–Crippen MR) is 101 cm³/mol. The van der Waals surface area contributed by atoms with Gasteiger partial charge in [0.2, 0.25) is 0 Å². The number of hydrogen-bond donors (Lipinski definition) is 0. The van der Waals surface area contributed by atoms with E-state index < -0.39 is 0 Å². The number of para-hydroxylation sites is 1. The van der Waals surface area contributed by atoms with Crippen LogP contribution >= 0.6 is 0 Å². The monoisotopic (exact) mass is 358 g/mol. The van der Waals surface area contributed by atoms with Crippen LogP contribution in [0.4, 0.5) is 0 Å². The molecule has 5 nitrogen and oxygen atoms in total. The van der Waals surface area contributed by atoms with Crippen LogP contribution in [0.15, 0.2) is 36.4 Å². The molecule has 0 heterocycles. The highest BCUT2D eigenvalue weighted by molar-refractivity contribution is 5.81. The summed E-state index contributed by atoms with van der Waals surface area (Å²) in [6.45, 7) is 6.99. The van der Waals surface area contributed by atoms with Gasteiger partial charge in [0.15, 0.2) is 17.8 Å². The van der Waals surface area contributed by atoms with E-state index in [2.05, 4.69) is 20.8 Å². The highest BCUT2D eigenvalue weighted by Gasteiger charge is 2.20. The Balaban J connectivity index is 2.06. The van der Waals surface area contributed by atoms with Crippen LogP contribution in [0, 0.1) is 0 Å². The molecule has 0 spiro atoms. The molecule has 0 N–H and O–H groups in total. The summed E-state index contributed by atoms with van der Waals surface area (Å²) >= 11 is 0. The van der Waals surface area contributed by atoms with Gasteiger partial charge in [-0.15, -0.1) is 0 Å². The lowest BCUT2D eigenvalue weighted by atomic mass is 9.86. The number of aldehydes is 1. The summed E-state index contributed by atoms with van der Waals surface area (Å²) in [4.78, 5) is 11.2. The van der Waals surface area contributed by atoms with E-state index in [0.717, 1.165) is 23.3 Å². The zero-order valence-electron chi connectivity index (χ0n) is 16.0. The molecule has 0 radical (unpaired) electrons. The molecule has 0 aliphatic rings. The van der Waals surface area contributed by atoms with Gasteiger partial charge in [-0.2, -0.15) is 0 Å². The molecule has 26 heavy (non-hydrogen) atoms. The van der Waals surface area contributed by atoms with Crippen molar-refractivity contribution in [3.8, 4) is 23.0 Å². The van der Waals surface area contributed by atoms with Gasteiger partial charge in [-0.1, -0.05) is 26.8 Å². The molecular weight excluding hydrogens is 332 g/mol. The molecule has 0 saturated heterocycles. The molecule has 0 fully saturated rings. The van der Waals surface area contributed by atoms with E-state index in [1.807, 2.05) is 18.2 Å². The fourth-order valence-electron chi connectivity index (χ4n) is 2.58. The number of ether oxygens (including phenoxy) is 4. The molecule has 0 aromatic heterocycles. The second kappa shape index (κ2) is 8.61. The summed E-state index contributed by atoms with van der Waals surface area (Å²) in [6.07, 6.45) is 0.750. The van der Waals surface area contributed by atoms with E-state index >= 15 is 0 Å². The van der Waals surface area contributed by atoms with Crippen LogP contribution in [0.1, 0.15) is 36.7 Å². The van der Waals surface area contributed by atoms with Crippen molar-refractivity contribution in [1.82, 2.24) is 0 Å². The zero-order valence-corrected chi connectivity index (χ0v) is 16.0. The number of carbonyl (C=O) groups is 1. The first-order valence-electron chi connectivity index (χ1n) is 8.47. The molecular formula is C21H26O5. The molecule has 2 rings (SSSR count). The Bertz CT molecular complexity index is 747. The van der Waals surface area contributed by atoms with Gasteiger partial charge < -0.3 is 18.9 Å². The third kappa shape index (κ3) is 4.69. The number of hydrogen-bond acceptors (Lipinski definition) is 5. The SMILES string of the molecule is COc1ccc(OCCOc2c(C=O)cccc2OC)c(C(C)(C)C)c1. The second-order valence-electron chi connectivity index (χ2n) is 6.81. The van der Waals surface area contributed by atoms with Gasteiger partial charge in [-0.05, 0) is 35.7 Å². The van der Waals surface area contributed by atoms with E-state index in [9.17, 15) is 4.79 Å². The molecule has 0 bridgehead atoms. The smallest absolute Gasteiger partial charge is 0.171 e. The van der Waals surface area contributed by atoms with E-state index in [4.69, 9.17) is 18.9 Å². The van der Waals surface area contributed by atoms with Gasteiger partial charge in [0.1, 0.15) is 24.7 Å². The van der Waals surface area contributed by atoms with E-state index in [0.29, 0.717) is 23.7 Å². The van der Waals surface area contributed by atoms with Crippen LogP contribution in [-0.2, 0) is 5.41 Å². The molecule has 0 amide bonds. The standard InChI is InChI=1S/C21H26O5/c1-21(2,3)17-13-16(23-4)9-10-18(17)25-11-12-26-20-15(14-22)7-6-8-19(20)24-5/h6-10,13-14H,11-12H2,1-5H3. The predicted octanol–water partition coefficient (Wildman–Crippen LogP) is 4.27. The van der Waals surface area contributed by atoms with E-state index in [1.165, 1.54) is 0 Å². The maximum Gasteiger partial charge on any atom is 0.171 e. The van der Waals surface area contributed by atoms with Crippen molar-refractivity contribution in [2.75, 3.05) is 27.4 Å². The number of rotatable bonds is 8. The van der Waals surface area contributed by atoms with Gasteiger partial charge in [0.05, 0.1) is 19.8 Å². The average Bonchev–Trinajstić information content (AvgIpc) is 2.64. The summed E-state index contributed by atoms with van der Waals surface area (Å²) in [5.41, 5.74) is 1.42. The Morgan fingerprint density at radius 1 is 0.923 bits per heavy atom. The summed E-state index contributed by atoms with van der Waals surface area (Å²) in [7, 11) is 3.19. The highest BCUT2D eigenvalue weighted by Crippen LogP contribution is 2.34. The minimum absolute atomic E-state index is 0.0852. The van der Waals surface area contributed by atoms with Crippen LogP contribution < -0.4 is 18.9 Å². The Morgan fingerprint density at radius 3 is 2.27 bits per heavy atom. The normalized spacial score (nSPS) is 11.0. The van der Waals surface area contributed by atoms with Crippen molar-refractivity contribution in [2.45, 2.75) is 26.2 Å². The number of methoxy groups -OCH3 is 2. The van der Waals surface area contributed by atoms with Crippen molar-refractivity contribution in [3.63, 3.8) is 0 Å². The molecule has 0 aliphatic carbocycles. The highest BCUT2D eigenvalue weighted by atomic mass is 16.5. The second-order valence-corrected chi connectivity index (χ2v) is 6.81. The number of carbonyl (C=O) groups excluding carboxylic acids is 1. The van der Waals surface area contributed by atoms with Gasteiger partial charge in [0.25, 0.3) is 0 Å². The van der Waals surface area contributed by atoms with Gasteiger partial charge in [-0.3, -0.25) is 4.79 Å². The van der Waals surface area contributed by atoms with Crippen molar-refractivity contribution in [3.05, 3.63) is 47.5 Å². The van der Waals surface area contributed by atoms with Crippen LogP contribution in [0.5, 0.6) is 23.0 Å². The Kier molecular flexibility index (Phi) is 6.50. The Morgan fingerprint density at radius 2 is 1.65 bits per heavy atom. The summed E-state index contributed by atoms with van der Waals surface area (Å²) in [5, 5.41) is 0. The van der Waals surface area contributed by atoms with Gasteiger partial charge >= 0.3 is 0 Å². The fourth-order valence-corrected chi connectivity index (χ4v) is 2.58. The Hall–Kier alpha value is -2.69. The van der Waals surface area contributed by atoms with E-state index in [-0.39, 0.29) is 12.0 Å². The molecule has 2 aromatic carbocycles. The van der Waals surface area contributed by atoms with Crippen LogP contribution in [0.3, 0.4) is 0 Å². The lowest BCUT2D eigenvalue weighted by Gasteiger charge is -2.23. The molecule has 140 valence electrons. The zero-order chi connectivity index (χ0) is 19.2. The Labute approximate surface area is 154 Å². The first-order valence-corrected chi connectivity index (χ1v) is 8.47. The van der Waals surface area contributed by atoms with Crippen molar-refractivity contribution in [2.24, 2.45) is 0 Å². The minimum Gasteiger partial charge on any atom is -0.497 e. The first kappa shape index (κ1) is 19.6. The summed E-state index contributed by atoms with van der Waals surface area (Å²) in [5.74, 6) is 2.54. The van der Waals surface area contributed by atoms with Crippen LogP contribution in [0.2, 0.25) is 0 Å². The van der Waals surface area contributed by atoms with Crippen molar-refractivity contribution < 1.29 is 23.7 Å². The van der Waals surface area contributed by atoms with Crippen molar-refractivity contribution in [1.29, 1.82) is 0 Å². The third-order valence-electron chi connectivity index (χ3n) is 3.94. The molecule has 0 aliphatic heterocycles. The molecule has 2 aromatic rings. The average molecular weight is 358 g/mol. The summed E-state index contributed by atoms with van der Waals surface area (Å²) in [6, 6.07) is 11.0. The minimum atomic E-state index is -0.0852. The van der Waals surface area contributed by atoms with Crippen LogP contribution in [-0.4, -0.2) is 33.7 Å². The molecule has 0 atom stereocenters. The van der Waals surface area contributed by atoms with Gasteiger partial charge in [0, 0.05) is 5.56 Å². The quantitative estimate of drug-likeness (QED) is 0.521. The molecule has 5 heteroatoms. The maximum atomic E-state index is 11.2. The maximum absolute atomic E-state index is 11.2. The largest absolute Gasteiger partial charge is 0.497 e. The summed E-state index contributed by atoms with van der Waals surface area (Å²) < 4.78 is 22.2. The number of benzene rings is 2. The lowest BCUT2D eigenvalue weighted by Crippen LogP contribution is -2.16. The van der Waals surface area contributed by atoms with E-state index in [1.54, 1.807) is 32.4 Å². The first-order chi connectivity index (χ1) is 12.4. The van der Waals surface area contributed by atoms with Crippen molar-refractivity contribution >= 4 is 6.29 Å². The van der Waals surface area contributed by atoms with Crippen LogP contribution in [0.25, 0.3) is 0 Å². The third-order valence-corrected chi connectivity index (χ3v) is 3.94.